The molecule has 1 amide bonds. The van der Waals surface area contributed by atoms with Crippen LogP contribution >= 0.6 is 0 Å². The maximum absolute atomic E-state index is 13.3. The van der Waals surface area contributed by atoms with Gasteiger partial charge in [0, 0.05) is 17.8 Å². The van der Waals surface area contributed by atoms with E-state index in [9.17, 15) is 9.18 Å². The molecule has 4 heteroatoms. The average Bonchev–Trinajstić information content (AvgIpc) is 2.73. The summed E-state index contributed by atoms with van der Waals surface area (Å²) in [4.78, 5) is 13.9. The molecule has 1 atom stereocenters. The zero-order chi connectivity index (χ0) is 14.8. The summed E-state index contributed by atoms with van der Waals surface area (Å²) in [5.74, 6) is -0.508. The lowest BCUT2D eigenvalue weighted by Gasteiger charge is -2.17. The molecule has 21 heavy (non-hydrogen) atoms. The van der Waals surface area contributed by atoms with Crippen LogP contribution in [0.3, 0.4) is 0 Å². The normalized spacial score (nSPS) is 17.1. The van der Waals surface area contributed by atoms with E-state index in [1.807, 2.05) is 18.2 Å². The molecule has 0 fully saturated rings. The highest BCUT2D eigenvalue weighted by molar-refractivity contribution is 6.04. The molecule has 1 unspecified atom stereocenters. The lowest BCUT2D eigenvalue weighted by Crippen LogP contribution is -2.32. The molecule has 0 radical (unpaired) electrons. The molecule has 1 aliphatic heterocycles. The maximum atomic E-state index is 13.3. The van der Waals surface area contributed by atoms with Crippen LogP contribution in [-0.2, 0) is 11.2 Å². The number of halogens is 1. The molecule has 2 aromatic carbocycles. The second-order valence-electron chi connectivity index (χ2n) is 5.26. The predicted octanol–water partition coefficient (Wildman–Crippen LogP) is 2.80. The molecule has 1 aliphatic rings. The van der Waals surface area contributed by atoms with Crippen LogP contribution in [0.5, 0.6) is 0 Å². The molecular weight excluding hydrogens is 267 g/mol. The molecule has 2 aromatic rings. The summed E-state index contributed by atoms with van der Waals surface area (Å²) in [5.41, 5.74) is 8.44. The van der Waals surface area contributed by atoms with Gasteiger partial charge in [0.1, 0.15) is 11.9 Å². The predicted molar refractivity (Wildman–Crippen MR) is 80.4 cm³/mol. The lowest BCUT2D eigenvalue weighted by molar-refractivity contribution is -0.119. The highest BCUT2D eigenvalue weighted by Crippen LogP contribution is 2.35. The van der Waals surface area contributed by atoms with Gasteiger partial charge in [-0.3, -0.25) is 4.79 Å². The number of nitrogens with zero attached hydrogens (tertiary/aromatic N) is 1. The van der Waals surface area contributed by atoms with Gasteiger partial charge in [-0.2, -0.15) is 0 Å². The molecule has 2 N–H and O–H groups in total. The third-order valence-electron chi connectivity index (χ3n) is 3.84. The third-order valence-corrected chi connectivity index (χ3v) is 3.84. The van der Waals surface area contributed by atoms with Crippen molar-refractivity contribution in [2.75, 3.05) is 11.4 Å². The number of anilines is 1. The average molecular weight is 284 g/mol. The number of amides is 1. The van der Waals surface area contributed by atoms with Crippen LogP contribution in [0, 0.1) is 5.82 Å². The smallest absolute Gasteiger partial charge is 0.248 e. The number of benzene rings is 2. The molecule has 1 heterocycles. The molecule has 3 rings (SSSR count). The topological polar surface area (TPSA) is 46.3 Å². The minimum Gasteiger partial charge on any atom is -0.316 e. The second kappa shape index (κ2) is 5.66. The van der Waals surface area contributed by atoms with E-state index in [0.29, 0.717) is 12.1 Å². The number of hydrogen-bond acceptors (Lipinski definition) is 2. The molecule has 0 saturated carbocycles. The Balaban J connectivity index is 1.70. The van der Waals surface area contributed by atoms with Crippen LogP contribution in [0.2, 0.25) is 0 Å². The molecule has 0 aromatic heterocycles. The van der Waals surface area contributed by atoms with Crippen molar-refractivity contribution >= 4 is 11.6 Å². The van der Waals surface area contributed by atoms with E-state index in [2.05, 4.69) is 12.1 Å². The number of carbonyl (C=O) groups is 1. The Bertz CT molecular complexity index is 657. The van der Waals surface area contributed by atoms with E-state index >= 15 is 0 Å². The minimum absolute atomic E-state index is 0.149. The summed E-state index contributed by atoms with van der Waals surface area (Å²) < 4.78 is 13.3. The molecule has 0 aliphatic carbocycles. The van der Waals surface area contributed by atoms with Crippen molar-refractivity contribution in [3.8, 4) is 0 Å². The second-order valence-corrected chi connectivity index (χ2v) is 5.26. The number of aryl methyl sites for hydroxylation is 1. The Kier molecular flexibility index (Phi) is 3.71. The van der Waals surface area contributed by atoms with Crippen molar-refractivity contribution in [1.29, 1.82) is 0 Å². The molecular formula is C17H17FN2O. The first kappa shape index (κ1) is 13.8. The van der Waals surface area contributed by atoms with Crippen LogP contribution in [-0.4, -0.2) is 12.5 Å². The van der Waals surface area contributed by atoms with E-state index in [-0.39, 0.29) is 11.7 Å². The first-order chi connectivity index (χ1) is 10.2. The Hall–Kier alpha value is -2.20. The summed E-state index contributed by atoms with van der Waals surface area (Å²) >= 11 is 0. The largest absolute Gasteiger partial charge is 0.316 e. The van der Waals surface area contributed by atoms with Gasteiger partial charge in [0.2, 0.25) is 5.91 Å². The highest BCUT2D eigenvalue weighted by Gasteiger charge is 2.34. The van der Waals surface area contributed by atoms with Crippen molar-refractivity contribution < 1.29 is 9.18 Å². The van der Waals surface area contributed by atoms with Gasteiger partial charge in [0.15, 0.2) is 0 Å². The summed E-state index contributed by atoms with van der Waals surface area (Å²) in [6, 6.07) is 13.8. The van der Waals surface area contributed by atoms with Gasteiger partial charge >= 0.3 is 0 Å². The van der Waals surface area contributed by atoms with Crippen molar-refractivity contribution in [3.63, 3.8) is 0 Å². The number of rotatable bonds is 4. The highest BCUT2D eigenvalue weighted by atomic mass is 19.1. The Morgan fingerprint density at radius 2 is 1.90 bits per heavy atom. The standard InChI is InChI=1S/C17H17FN2O/c18-13-8-9-15-14(11-13)16(19)17(21)20(15)10-4-7-12-5-2-1-3-6-12/h1-3,5-6,8-9,11,16H,4,7,10,19H2. The van der Waals surface area contributed by atoms with Crippen LogP contribution in [0.4, 0.5) is 10.1 Å². The van der Waals surface area contributed by atoms with Crippen molar-refractivity contribution in [2.24, 2.45) is 5.73 Å². The van der Waals surface area contributed by atoms with Gasteiger partial charge in [-0.1, -0.05) is 30.3 Å². The summed E-state index contributed by atoms with van der Waals surface area (Å²) in [7, 11) is 0. The van der Waals surface area contributed by atoms with E-state index < -0.39 is 6.04 Å². The van der Waals surface area contributed by atoms with Crippen molar-refractivity contribution in [2.45, 2.75) is 18.9 Å². The molecule has 108 valence electrons. The van der Waals surface area contributed by atoms with Crippen LogP contribution < -0.4 is 10.6 Å². The van der Waals surface area contributed by atoms with Crippen molar-refractivity contribution in [1.82, 2.24) is 0 Å². The number of fused-ring (bicyclic) bond motifs is 1. The van der Waals surface area contributed by atoms with Gasteiger partial charge < -0.3 is 10.6 Å². The van der Waals surface area contributed by atoms with E-state index in [4.69, 9.17) is 5.73 Å². The van der Waals surface area contributed by atoms with Gasteiger partial charge in [0.25, 0.3) is 0 Å². The minimum atomic E-state index is -0.743. The lowest BCUT2D eigenvalue weighted by atomic mass is 10.1. The first-order valence-corrected chi connectivity index (χ1v) is 7.07. The molecule has 0 bridgehead atoms. The maximum Gasteiger partial charge on any atom is 0.248 e. The Labute approximate surface area is 123 Å². The molecule has 0 spiro atoms. The SMILES string of the molecule is NC1C(=O)N(CCCc2ccccc2)c2ccc(F)cc21. The third kappa shape index (κ3) is 2.67. The van der Waals surface area contributed by atoms with Crippen LogP contribution in [0.25, 0.3) is 0 Å². The van der Waals surface area contributed by atoms with E-state index in [1.54, 1.807) is 11.0 Å². The van der Waals surface area contributed by atoms with Gasteiger partial charge in [-0.25, -0.2) is 4.39 Å². The fourth-order valence-electron chi connectivity index (χ4n) is 2.76. The summed E-state index contributed by atoms with van der Waals surface area (Å²) in [6.07, 6.45) is 1.75. The van der Waals surface area contributed by atoms with E-state index in [0.717, 1.165) is 18.5 Å². The molecule has 0 saturated heterocycles. The van der Waals surface area contributed by atoms with Gasteiger partial charge in [0.05, 0.1) is 0 Å². The molecule has 3 nitrogen and oxygen atoms in total. The van der Waals surface area contributed by atoms with E-state index in [1.165, 1.54) is 17.7 Å². The zero-order valence-corrected chi connectivity index (χ0v) is 11.6. The monoisotopic (exact) mass is 284 g/mol. The van der Waals surface area contributed by atoms with Crippen molar-refractivity contribution in [3.05, 3.63) is 65.5 Å². The summed E-state index contributed by atoms with van der Waals surface area (Å²) in [6.45, 7) is 0.597. The van der Waals surface area contributed by atoms with Gasteiger partial charge in [-0.15, -0.1) is 0 Å². The number of nitrogens with two attached hydrogens (primary N) is 1. The number of hydrogen-bond donors (Lipinski definition) is 1. The first-order valence-electron chi connectivity index (χ1n) is 7.07. The fourth-order valence-corrected chi connectivity index (χ4v) is 2.76. The Morgan fingerprint density at radius 1 is 1.14 bits per heavy atom. The van der Waals surface area contributed by atoms with Crippen LogP contribution in [0.15, 0.2) is 48.5 Å². The van der Waals surface area contributed by atoms with Gasteiger partial charge in [-0.05, 0) is 36.6 Å². The number of carbonyl (C=O) groups excluding carboxylic acids is 1. The Morgan fingerprint density at radius 3 is 2.67 bits per heavy atom. The quantitative estimate of drug-likeness (QED) is 0.938. The zero-order valence-electron chi connectivity index (χ0n) is 11.6. The van der Waals surface area contributed by atoms with Crippen LogP contribution in [0.1, 0.15) is 23.6 Å². The summed E-state index contributed by atoms with van der Waals surface area (Å²) in [5, 5.41) is 0. The fraction of sp³-hybridized carbons (Fsp3) is 0.235.